The molecular formula is C22H24N2O2. The van der Waals surface area contributed by atoms with Crippen LogP contribution in [0, 0.1) is 0 Å². The van der Waals surface area contributed by atoms with E-state index in [4.69, 9.17) is 0 Å². The van der Waals surface area contributed by atoms with Crippen LogP contribution in [0.2, 0.25) is 0 Å². The molecule has 2 N–H and O–H groups in total. The number of rotatable bonds is 9. The minimum Gasteiger partial charge on any atom is -0.352 e. The van der Waals surface area contributed by atoms with Crippen LogP contribution in [-0.2, 0) is 0 Å². The molecule has 0 bridgehead atoms. The van der Waals surface area contributed by atoms with Crippen molar-refractivity contribution in [2.75, 3.05) is 13.1 Å². The molecule has 0 aliphatic carbocycles. The summed E-state index contributed by atoms with van der Waals surface area (Å²) in [6, 6.07) is 14.7. The molecule has 2 aromatic carbocycles. The summed E-state index contributed by atoms with van der Waals surface area (Å²) < 4.78 is 0. The molecule has 0 spiro atoms. The number of carbonyl (C=O) groups excluding carboxylic acids is 2. The molecule has 4 nitrogen and oxygen atoms in total. The van der Waals surface area contributed by atoms with Crippen molar-refractivity contribution >= 4 is 24.0 Å². The quantitative estimate of drug-likeness (QED) is 0.675. The normalized spacial score (nSPS) is 10.0. The zero-order chi connectivity index (χ0) is 18.8. The number of hydrogen-bond acceptors (Lipinski definition) is 2. The van der Waals surface area contributed by atoms with Gasteiger partial charge in [-0.05, 0) is 36.1 Å². The maximum atomic E-state index is 12.2. The fraction of sp³-hybridized carbons (Fsp3) is 0.182. The number of unbranched alkanes of at least 4 members (excludes halogenated alkanes) is 1. The summed E-state index contributed by atoms with van der Waals surface area (Å²) >= 11 is 0. The van der Waals surface area contributed by atoms with Crippen LogP contribution in [0.1, 0.15) is 44.7 Å². The molecule has 0 aliphatic rings. The van der Waals surface area contributed by atoms with Crippen LogP contribution < -0.4 is 10.6 Å². The Balaban J connectivity index is 1.71. The lowest BCUT2D eigenvalue weighted by Gasteiger charge is -2.09. The Labute approximate surface area is 154 Å². The van der Waals surface area contributed by atoms with Crippen LogP contribution in [0.25, 0.3) is 12.2 Å². The Kier molecular flexibility index (Phi) is 7.37. The number of hydrogen-bond donors (Lipinski definition) is 2. The Bertz CT molecular complexity index is 729. The fourth-order valence-corrected chi connectivity index (χ4v) is 2.61. The maximum absolute atomic E-state index is 12.2. The molecule has 0 fully saturated rings. The smallest absolute Gasteiger partial charge is 0.251 e. The number of amides is 2. The Morgan fingerprint density at radius 3 is 1.50 bits per heavy atom. The van der Waals surface area contributed by atoms with Crippen molar-refractivity contribution in [3.63, 3.8) is 0 Å². The monoisotopic (exact) mass is 348 g/mol. The average Bonchev–Trinajstić information content (AvgIpc) is 2.70. The second-order valence-electron chi connectivity index (χ2n) is 5.80. The highest BCUT2D eigenvalue weighted by molar-refractivity contribution is 5.98. The van der Waals surface area contributed by atoms with Gasteiger partial charge < -0.3 is 10.6 Å². The van der Waals surface area contributed by atoms with E-state index in [2.05, 4.69) is 23.8 Å². The van der Waals surface area contributed by atoms with Crippen LogP contribution in [0.15, 0.2) is 61.7 Å². The summed E-state index contributed by atoms with van der Waals surface area (Å²) in [6.45, 7) is 8.56. The van der Waals surface area contributed by atoms with Gasteiger partial charge in [0.05, 0.1) is 0 Å². The van der Waals surface area contributed by atoms with E-state index in [-0.39, 0.29) is 11.8 Å². The summed E-state index contributed by atoms with van der Waals surface area (Å²) in [4.78, 5) is 24.4. The SMILES string of the molecule is C=Cc1ccccc1C(=O)NCCCCNC(=O)c1ccccc1C=C. The predicted octanol–water partition coefficient (Wildman–Crippen LogP) is 3.91. The highest BCUT2D eigenvalue weighted by Gasteiger charge is 2.09. The predicted molar refractivity (Wildman–Crippen MR) is 107 cm³/mol. The first-order valence-corrected chi connectivity index (χ1v) is 8.66. The third-order valence-corrected chi connectivity index (χ3v) is 4.03. The van der Waals surface area contributed by atoms with Crippen molar-refractivity contribution in [3.8, 4) is 0 Å². The van der Waals surface area contributed by atoms with E-state index in [1.54, 1.807) is 24.3 Å². The Morgan fingerprint density at radius 1 is 0.731 bits per heavy atom. The summed E-state index contributed by atoms with van der Waals surface area (Å²) in [6.07, 6.45) is 4.91. The topological polar surface area (TPSA) is 58.2 Å². The summed E-state index contributed by atoms with van der Waals surface area (Å²) in [5, 5.41) is 5.80. The van der Waals surface area contributed by atoms with Crippen molar-refractivity contribution in [1.82, 2.24) is 10.6 Å². The molecule has 4 heteroatoms. The third-order valence-electron chi connectivity index (χ3n) is 4.03. The van der Waals surface area contributed by atoms with Gasteiger partial charge in [0.25, 0.3) is 11.8 Å². The standard InChI is InChI=1S/C22H24N2O2/c1-3-17-11-5-7-13-19(17)21(25)23-15-9-10-16-24-22(26)20-14-8-6-12-18(20)4-2/h3-8,11-14H,1-2,9-10,15-16H2,(H,23,25)(H,24,26). The molecule has 26 heavy (non-hydrogen) atoms. The lowest BCUT2D eigenvalue weighted by Crippen LogP contribution is -2.28. The molecule has 2 aromatic rings. The zero-order valence-electron chi connectivity index (χ0n) is 14.8. The van der Waals surface area contributed by atoms with E-state index in [9.17, 15) is 9.59 Å². The van der Waals surface area contributed by atoms with Crippen molar-refractivity contribution in [2.45, 2.75) is 12.8 Å². The van der Waals surface area contributed by atoms with Gasteiger partial charge in [0.2, 0.25) is 0 Å². The molecule has 0 saturated carbocycles. The minimum absolute atomic E-state index is 0.107. The highest BCUT2D eigenvalue weighted by Crippen LogP contribution is 2.10. The molecule has 0 aliphatic heterocycles. The first-order valence-electron chi connectivity index (χ1n) is 8.66. The van der Waals surface area contributed by atoms with Gasteiger partial charge in [-0.3, -0.25) is 9.59 Å². The summed E-state index contributed by atoms with van der Waals surface area (Å²) in [5.41, 5.74) is 2.88. The van der Waals surface area contributed by atoms with Crippen molar-refractivity contribution in [3.05, 3.63) is 83.9 Å². The van der Waals surface area contributed by atoms with Crippen LogP contribution in [0.4, 0.5) is 0 Å². The lowest BCUT2D eigenvalue weighted by atomic mass is 10.1. The maximum Gasteiger partial charge on any atom is 0.251 e. The molecule has 0 saturated heterocycles. The van der Waals surface area contributed by atoms with Gasteiger partial charge in [-0.25, -0.2) is 0 Å². The molecule has 0 aromatic heterocycles. The average molecular weight is 348 g/mol. The van der Waals surface area contributed by atoms with Gasteiger partial charge >= 0.3 is 0 Å². The van der Waals surface area contributed by atoms with Crippen molar-refractivity contribution in [1.29, 1.82) is 0 Å². The van der Waals surface area contributed by atoms with Crippen LogP contribution >= 0.6 is 0 Å². The van der Waals surface area contributed by atoms with Gasteiger partial charge in [0.15, 0.2) is 0 Å². The van der Waals surface area contributed by atoms with E-state index in [1.807, 2.05) is 36.4 Å². The van der Waals surface area contributed by atoms with E-state index < -0.39 is 0 Å². The fourth-order valence-electron chi connectivity index (χ4n) is 2.61. The van der Waals surface area contributed by atoms with Gasteiger partial charge in [-0.2, -0.15) is 0 Å². The first-order chi connectivity index (χ1) is 12.7. The van der Waals surface area contributed by atoms with Crippen LogP contribution in [0.5, 0.6) is 0 Å². The van der Waals surface area contributed by atoms with Crippen LogP contribution in [0.3, 0.4) is 0 Å². The second kappa shape index (κ2) is 9.99. The number of benzene rings is 2. The zero-order valence-corrected chi connectivity index (χ0v) is 14.8. The van der Waals surface area contributed by atoms with Gasteiger partial charge in [0, 0.05) is 24.2 Å². The van der Waals surface area contributed by atoms with Gasteiger partial charge in [0.1, 0.15) is 0 Å². The molecule has 0 radical (unpaired) electrons. The van der Waals surface area contributed by atoms with Crippen molar-refractivity contribution < 1.29 is 9.59 Å². The summed E-state index contributed by atoms with van der Waals surface area (Å²) in [5.74, 6) is -0.214. The lowest BCUT2D eigenvalue weighted by molar-refractivity contribution is 0.0939. The Hall–Kier alpha value is -3.14. The van der Waals surface area contributed by atoms with E-state index in [0.717, 1.165) is 24.0 Å². The molecule has 0 unspecified atom stereocenters. The molecule has 2 amide bonds. The van der Waals surface area contributed by atoms with Gasteiger partial charge in [-0.1, -0.05) is 61.7 Å². The van der Waals surface area contributed by atoms with E-state index >= 15 is 0 Å². The summed E-state index contributed by atoms with van der Waals surface area (Å²) in [7, 11) is 0. The molecule has 134 valence electrons. The molecule has 0 atom stereocenters. The number of nitrogens with one attached hydrogen (secondary N) is 2. The third kappa shape index (κ3) is 5.18. The largest absolute Gasteiger partial charge is 0.352 e. The number of carbonyl (C=O) groups is 2. The van der Waals surface area contributed by atoms with Crippen molar-refractivity contribution in [2.24, 2.45) is 0 Å². The van der Waals surface area contributed by atoms with E-state index in [1.165, 1.54) is 0 Å². The second-order valence-corrected chi connectivity index (χ2v) is 5.80. The minimum atomic E-state index is -0.107. The van der Waals surface area contributed by atoms with Crippen LogP contribution in [-0.4, -0.2) is 24.9 Å². The Morgan fingerprint density at radius 2 is 1.12 bits per heavy atom. The molecule has 0 heterocycles. The first kappa shape index (κ1) is 19.2. The molecular weight excluding hydrogens is 324 g/mol. The molecule has 2 rings (SSSR count). The van der Waals surface area contributed by atoms with E-state index in [0.29, 0.717) is 24.2 Å². The van der Waals surface area contributed by atoms with Gasteiger partial charge in [-0.15, -0.1) is 0 Å². The highest BCUT2D eigenvalue weighted by atomic mass is 16.2.